The average Bonchev–Trinajstić information content (AvgIpc) is 2.89. The van der Waals surface area contributed by atoms with Gasteiger partial charge in [-0.05, 0) is 79.2 Å². The molecule has 9 heteroatoms. The molecule has 0 spiro atoms. The minimum atomic E-state index is -1.06. The van der Waals surface area contributed by atoms with Crippen LogP contribution in [0.4, 0.5) is 0 Å². The summed E-state index contributed by atoms with van der Waals surface area (Å²) in [7, 11) is 4.61. The van der Waals surface area contributed by atoms with Gasteiger partial charge >= 0.3 is 5.97 Å². The number of hydrogen-bond donors (Lipinski definition) is 1. The molecule has 0 heterocycles. The highest BCUT2D eigenvalue weighted by atomic mass is 79.9. The molecule has 3 aromatic rings. The number of carbonyl (C=O) groups is 2. The Hall–Kier alpha value is -2.88. The van der Waals surface area contributed by atoms with E-state index in [4.69, 9.17) is 18.9 Å². The van der Waals surface area contributed by atoms with Crippen LogP contribution < -0.4 is 14.8 Å². The fourth-order valence-electron chi connectivity index (χ4n) is 3.75. The topological polar surface area (TPSA) is 83.1 Å². The van der Waals surface area contributed by atoms with E-state index in [1.54, 1.807) is 32.4 Å². The van der Waals surface area contributed by atoms with Crippen LogP contribution in [0.25, 0.3) is 0 Å². The van der Waals surface area contributed by atoms with Crippen molar-refractivity contribution in [3.05, 3.63) is 92.4 Å². The molecule has 0 aromatic heterocycles. The Morgan fingerprint density at radius 3 is 2.00 bits per heavy atom. The van der Waals surface area contributed by atoms with Gasteiger partial charge in [-0.15, -0.1) is 0 Å². The second kappa shape index (κ2) is 14.2. The zero-order valence-electron chi connectivity index (χ0n) is 20.8. The van der Waals surface area contributed by atoms with E-state index < -0.39 is 24.1 Å². The number of esters is 1. The molecule has 0 saturated carbocycles. The lowest BCUT2D eigenvalue weighted by molar-refractivity contribution is -0.165. The summed E-state index contributed by atoms with van der Waals surface area (Å²) in [6, 6.07) is 20.2. The number of carbonyl (C=O) groups excluding carboxylic acids is 2. The van der Waals surface area contributed by atoms with Gasteiger partial charge in [0.1, 0.15) is 11.5 Å². The van der Waals surface area contributed by atoms with Gasteiger partial charge in [-0.25, -0.2) is 4.79 Å². The summed E-state index contributed by atoms with van der Waals surface area (Å²) in [6.45, 7) is 0.365. The van der Waals surface area contributed by atoms with Crippen molar-refractivity contribution < 1.29 is 28.5 Å². The zero-order chi connectivity index (χ0) is 26.8. The summed E-state index contributed by atoms with van der Waals surface area (Å²) in [5, 5.41) is 2.90. The summed E-state index contributed by atoms with van der Waals surface area (Å²) in [5.41, 5.74) is 2.46. The number of benzene rings is 3. The summed E-state index contributed by atoms with van der Waals surface area (Å²) >= 11 is 6.94. The van der Waals surface area contributed by atoms with Crippen molar-refractivity contribution in [3.63, 3.8) is 0 Å². The van der Waals surface area contributed by atoms with Gasteiger partial charge < -0.3 is 24.3 Å². The van der Waals surface area contributed by atoms with Crippen LogP contribution in [0.15, 0.2) is 75.7 Å². The number of amides is 1. The molecule has 2 atom stereocenters. The fourth-order valence-corrected chi connectivity index (χ4v) is 4.92. The van der Waals surface area contributed by atoms with Gasteiger partial charge in [0.25, 0.3) is 5.91 Å². The molecule has 0 radical (unpaired) electrons. The molecule has 1 amide bonds. The molecule has 1 N–H and O–H groups in total. The standard InChI is InChI=1S/C28H29Br2NO6/c1-34-23-11-9-18(15-21(23)29)13-14-31-27(32)25(17-19-10-12-24(35-2)22(30)16-19)37-28(33)26(36-3)20-7-5-4-6-8-20/h4-12,15-16,25-26H,13-14,17H2,1-3H3,(H,31,32)/t25-,26+/m0/s1. The third-order valence-electron chi connectivity index (χ3n) is 5.67. The number of hydrogen-bond acceptors (Lipinski definition) is 6. The van der Waals surface area contributed by atoms with Crippen LogP contribution in [-0.2, 0) is 31.9 Å². The van der Waals surface area contributed by atoms with Crippen LogP contribution in [0.3, 0.4) is 0 Å². The zero-order valence-corrected chi connectivity index (χ0v) is 24.0. The maximum atomic E-state index is 13.2. The first-order chi connectivity index (χ1) is 17.9. The Morgan fingerprint density at radius 1 is 0.838 bits per heavy atom. The van der Waals surface area contributed by atoms with Crippen LogP contribution in [0, 0.1) is 0 Å². The molecule has 0 bridgehead atoms. The number of ether oxygens (including phenoxy) is 4. The van der Waals surface area contributed by atoms with E-state index in [-0.39, 0.29) is 6.42 Å². The van der Waals surface area contributed by atoms with E-state index in [0.29, 0.717) is 24.3 Å². The van der Waals surface area contributed by atoms with Crippen molar-refractivity contribution in [1.82, 2.24) is 5.32 Å². The first-order valence-corrected chi connectivity index (χ1v) is 13.2. The Labute approximate surface area is 233 Å². The van der Waals surface area contributed by atoms with Gasteiger partial charge in [0, 0.05) is 20.1 Å². The quantitative estimate of drug-likeness (QED) is 0.268. The molecule has 3 aromatic carbocycles. The van der Waals surface area contributed by atoms with Crippen LogP contribution in [0.1, 0.15) is 22.8 Å². The predicted octanol–water partition coefficient (Wildman–Crippen LogP) is 5.43. The van der Waals surface area contributed by atoms with E-state index in [2.05, 4.69) is 37.2 Å². The van der Waals surface area contributed by atoms with E-state index in [1.807, 2.05) is 48.5 Å². The van der Waals surface area contributed by atoms with E-state index in [9.17, 15) is 9.59 Å². The molecule has 196 valence electrons. The molecule has 0 fully saturated rings. The molecule has 0 aliphatic heterocycles. The molecule has 37 heavy (non-hydrogen) atoms. The van der Waals surface area contributed by atoms with Crippen LogP contribution in [-0.4, -0.2) is 45.9 Å². The Kier molecular flexibility index (Phi) is 11.0. The van der Waals surface area contributed by atoms with E-state index in [1.165, 1.54) is 7.11 Å². The number of nitrogens with one attached hydrogen (secondary N) is 1. The molecule has 0 aliphatic rings. The molecule has 0 aliphatic carbocycles. The van der Waals surface area contributed by atoms with E-state index >= 15 is 0 Å². The maximum Gasteiger partial charge on any atom is 0.340 e. The third kappa shape index (κ3) is 8.05. The lowest BCUT2D eigenvalue weighted by atomic mass is 10.1. The van der Waals surface area contributed by atoms with Crippen molar-refractivity contribution in [3.8, 4) is 11.5 Å². The molecule has 0 saturated heterocycles. The van der Waals surface area contributed by atoms with Crippen molar-refractivity contribution in [2.45, 2.75) is 25.0 Å². The monoisotopic (exact) mass is 633 g/mol. The predicted molar refractivity (Wildman–Crippen MR) is 148 cm³/mol. The van der Waals surface area contributed by atoms with Gasteiger partial charge in [-0.1, -0.05) is 42.5 Å². The van der Waals surface area contributed by atoms with E-state index in [0.717, 1.165) is 25.8 Å². The molecule has 7 nitrogen and oxygen atoms in total. The van der Waals surface area contributed by atoms with Gasteiger partial charge in [0.05, 0.1) is 23.2 Å². The Bertz CT molecular complexity index is 1200. The fraction of sp³-hybridized carbons (Fsp3) is 0.286. The first-order valence-electron chi connectivity index (χ1n) is 11.6. The summed E-state index contributed by atoms with van der Waals surface area (Å²) in [6.07, 6.45) is -1.24. The number of rotatable bonds is 12. The largest absolute Gasteiger partial charge is 0.496 e. The van der Waals surface area contributed by atoms with Crippen LogP contribution >= 0.6 is 31.9 Å². The van der Waals surface area contributed by atoms with Crippen molar-refractivity contribution in [2.24, 2.45) is 0 Å². The van der Waals surface area contributed by atoms with Gasteiger partial charge in [-0.2, -0.15) is 0 Å². The number of methoxy groups -OCH3 is 3. The minimum Gasteiger partial charge on any atom is -0.496 e. The van der Waals surface area contributed by atoms with Gasteiger partial charge in [0.15, 0.2) is 12.2 Å². The molecular formula is C28H29Br2NO6. The molecule has 0 unspecified atom stereocenters. The number of halogens is 2. The lowest BCUT2D eigenvalue weighted by Crippen LogP contribution is -2.41. The van der Waals surface area contributed by atoms with Crippen LogP contribution in [0.5, 0.6) is 11.5 Å². The second-order valence-corrected chi connectivity index (χ2v) is 9.84. The van der Waals surface area contributed by atoms with Gasteiger partial charge in [0.2, 0.25) is 0 Å². The van der Waals surface area contributed by atoms with Crippen molar-refractivity contribution >= 4 is 43.7 Å². The van der Waals surface area contributed by atoms with Crippen LogP contribution in [0.2, 0.25) is 0 Å². The summed E-state index contributed by atoms with van der Waals surface area (Å²) in [4.78, 5) is 26.3. The minimum absolute atomic E-state index is 0.180. The SMILES string of the molecule is COc1ccc(CCNC(=O)[C@H](Cc2ccc(OC)c(Br)c2)OC(=O)[C@H](OC)c2ccccc2)cc1Br. The average molecular weight is 635 g/mol. The summed E-state index contributed by atoms with van der Waals surface area (Å²) in [5.74, 6) is 0.365. The molecular weight excluding hydrogens is 606 g/mol. The van der Waals surface area contributed by atoms with Crippen molar-refractivity contribution in [2.75, 3.05) is 27.9 Å². The summed E-state index contributed by atoms with van der Waals surface area (Å²) < 4.78 is 23.3. The third-order valence-corrected chi connectivity index (χ3v) is 6.91. The highest BCUT2D eigenvalue weighted by Crippen LogP contribution is 2.27. The molecule has 3 rings (SSSR count). The second-order valence-electron chi connectivity index (χ2n) is 8.13. The normalized spacial score (nSPS) is 12.4. The lowest BCUT2D eigenvalue weighted by Gasteiger charge is -2.21. The van der Waals surface area contributed by atoms with Gasteiger partial charge in [-0.3, -0.25) is 4.79 Å². The first kappa shape index (κ1) is 28.7. The van der Waals surface area contributed by atoms with Crippen molar-refractivity contribution in [1.29, 1.82) is 0 Å². The highest BCUT2D eigenvalue weighted by Gasteiger charge is 2.29. The maximum absolute atomic E-state index is 13.2. The Morgan fingerprint density at radius 2 is 1.43 bits per heavy atom. The smallest absolute Gasteiger partial charge is 0.340 e. The highest BCUT2D eigenvalue weighted by molar-refractivity contribution is 9.10. The Balaban J connectivity index is 1.73.